The summed E-state index contributed by atoms with van der Waals surface area (Å²) in [6.07, 6.45) is 5.98. The maximum atomic E-state index is 8.97. The van der Waals surface area contributed by atoms with Crippen LogP contribution in [0.2, 0.25) is 0 Å². The second-order valence-corrected chi connectivity index (χ2v) is 4.51. The molecule has 1 aliphatic rings. The highest BCUT2D eigenvalue weighted by molar-refractivity contribution is 5.55. The van der Waals surface area contributed by atoms with Crippen LogP contribution >= 0.6 is 0 Å². The number of hydrogen-bond acceptors (Lipinski definition) is 4. The van der Waals surface area contributed by atoms with Gasteiger partial charge in [0.25, 0.3) is 0 Å². The number of hydrogen-bond donors (Lipinski definition) is 1. The quantitative estimate of drug-likeness (QED) is 0.857. The van der Waals surface area contributed by atoms with Crippen molar-refractivity contribution in [3.8, 4) is 6.07 Å². The molecule has 1 aromatic heterocycles. The smallest absolute Gasteiger partial charge is 0.101 e. The van der Waals surface area contributed by atoms with Crippen LogP contribution in [0.25, 0.3) is 0 Å². The van der Waals surface area contributed by atoms with Crippen LogP contribution in [0.5, 0.6) is 0 Å². The zero-order chi connectivity index (χ0) is 12.1. The number of rotatable bonds is 4. The van der Waals surface area contributed by atoms with Gasteiger partial charge in [0.2, 0.25) is 0 Å². The average molecular weight is 230 g/mol. The van der Waals surface area contributed by atoms with E-state index in [1.807, 2.05) is 0 Å². The van der Waals surface area contributed by atoms with Crippen LogP contribution in [0.1, 0.15) is 25.3 Å². The molecule has 1 unspecified atom stereocenters. The van der Waals surface area contributed by atoms with E-state index in [0.29, 0.717) is 11.6 Å². The van der Waals surface area contributed by atoms with Gasteiger partial charge in [-0.25, -0.2) is 0 Å². The Morgan fingerprint density at radius 3 is 3.00 bits per heavy atom. The Bertz CT molecular complexity index is 404. The summed E-state index contributed by atoms with van der Waals surface area (Å²) in [6.45, 7) is 5.48. The fraction of sp³-hybridized carbons (Fsp3) is 0.538. The van der Waals surface area contributed by atoms with E-state index in [-0.39, 0.29) is 0 Å². The summed E-state index contributed by atoms with van der Waals surface area (Å²) in [5, 5.41) is 12.3. The van der Waals surface area contributed by atoms with E-state index in [1.165, 1.54) is 25.9 Å². The van der Waals surface area contributed by atoms with Crippen molar-refractivity contribution in [2.45, 2.75) is 25.8 Å². The van der Waals surface area contributed by atoms with Gasteiger partial charge in [-0.15, -0.1) is 0 Å². The molecular formula is C13H18N4. The largest absolute Gasteiger partial charge is 0.381 e. The lowest BCUT2D eigenvalue weighted by atomic mass is 10.2. The molecular weight excluding hydrogens is 212 g/mol. The molecule has 4 nitrogen and oxygen atoms in total. The Kier molecular flexibility index (Phi) is 3.94. The van der Waals surface area contributed by atoms with E-state index < -0.39 is 0 Å². The molecule has 90 valence electrons. The van der Waals surface area contributed by atoms with Crippen LogP contribution in [0.3, 0.4) is 0 Å². The standard InChI is InChI=1S/C13H18N4/c1-11(17-6-2-3-7-17)9-16-13-10-15-5-4-12(13)8-14/h4-5,10-11,16H,2-3,6-7,9H2,1H3. The normalized spacial score (nSPS) is 17.6. The van der Waals surface area contributed by atoms with Gasteiger partial charge in [0.1, 0.15) is 6.07 Å². The fourth-order valence-corrected chi connectivity index (χ4v) is 2.20. The lowest BCUT2D eigenvalue weighted by Gasteiger charge is -2.24. The predicted molar refractivity (Wildman–Crippen MR) is 67.7 cm³/mol. The van der Waals surface area contributed by atoms with E-state index in [9.17, 15) is 0 Å². The Morgan fingerprint density at radius 2 is 2.29 bits per heavy atom. The lowest BCUT2D eigenvalue weighted by Crippen LogP contribution is -2.35. The first-order chi connectivity index (χ1) is 8.31. The van der Waals surface area contributed by atoms with Crippen LogP contribution in [0.15, 0.2) is 18.5 Å². The summed E-state index contributed by atoms with van der Waals surface area (Å²) in [6, 6.07) is 4.42. The van der Waals surface area contributed by atoms with Gasteiger partial charge >= 0.3 is 0 Å². The molecule has 1 aromatic rings. The average Bonchev–Trinajstić information content (AvgIpc) is 2.90. The first kappa shape index (κ1) is 11.9. The zero-order valence-electron chi connectivity index (χ0n) is 10.2. The monoisotopic (exact) mass is 230 g/mol. The van der Waals surface area contributed by atoms with Crippen LogP contribution in [0, 0.1) is 11.3 Å². The summed E-state index contributed by atoms with van der Waals surface area (Å²) in [7, 11) is 0. The molecule has 0 radical (unpaired) electrons. The first-order valence-corrected chi connectivity index (χ1v) is 6.13. The van der Waals surface area contributed by atoms with Crippen LogP contribution in [-0.4, -0.2) is 35.6 Å². The highest BCUT2D eigenvalue weighted by Gasteiger charge is 2.17. The minimum absolute atomic E-state index is 0.504. The number of nitriles is 1. The maximum absolute atomic E-state index is 8.97. The van der Waals surface area contributed by atoms with Crippen molar-refractivity contribution in [1.82, 2.24) is 9.88 Å². The Morgan fingerprint density at radius 1 is 1.53 bits per heavy atom. The SMILES string of the molecule is CC(CNc1cnccc1C#N)N1CCCC1. The Balaban J connectivity index is 1.91. The number of nitrogens with one attached hydrogen (secondary N) is 1. The van der Waals surface area contributed by atoms with E-state index in [0.717, 1.165) is 12.2 Å². The molecule has 1 saturated heterocycles. The van der Waals surface area contributed by atoms with Crippen LogP contribution < -0.4 is 5.32 Å². The maximum Gasteiger partial charge on any atom is 0.101 e. The summed E-state index contributed by atoms with van der Waals surface area (Å²) in [4.78, 5) is 6.52. The van der Waals surface area contributed by atoms with Crippen molar-refractivity contribution in [3.63, 3.8) is 0 Å². The number of nitrogens with zero attached hydrogens (tertiary/aromatic N) is 3. The molecule has 0 saturated carbocycles. The molecule has 1 aliphatic heterocycles. The van der Waals surface area contributed by atoms with Crippen molar-refractivity contribution in [3.05, 3.63) is 24.0 Å². The molecule has 2 heterocycles. The van der Waals surface area contributed by atoms with Crippen molar-refractivity contribution in [1.29, 1.82) is 5.26 Å². The molecule has 4 heteroatoms. The molecule has 0 spiro atoms. The first-order valence-electron chi connectivity index (χ1n) is 6.13. The van der Waals surface area contributed by atoms with E-state index in [4.69, 9.17) is 5.26 Å². The van der Waals surface area contributed by atoms with Crippen LogP contribution in [-0.2, 0) is 0 Å². The highest BCUT2D eigenvalue weighted by Crippen LogP contribution is 2.14. The minimum Gasteiger partial charge on any atom is -0.381 e. The third-order valence-electron chi connectivity index (χ3n) is 3.29. The molecule has 1 atom stereocenters. The number of anilines is 1. The minimum atomic E-state index is 0.504. The second-order valence-electron chi connectivity index (χ2n) is 4.51. The summed E-state index contributed by atoms with van der Waals surface area (Å²) >= 11 is 0. The van der Waals surface area contributed by atoms with Gasteiger partial charge in [-0.3, -0.25) is 9.88 Å². The number of aromatic nitrogens is 1. The van der Waals surface area contributed by atoms with Gasteiger partial charge in [0.05, 0.1) is 17.4 Å². The van der Waals surface area contributed by atoms with E-state index in [2.05, 4.69) is 28.2 Å². The summed E-state index contributed by atoms with van der Waals surface area (Å²) in [5.74, 6) is 0. The third-order valence-corrected chi connectivity index (χ3v) is 3.29. The Labute approximate surface area is 102 Å². The van der Waals surface area contributed by atoms with Gasteiger partial charge < -0.3 is 5.32 Å². The van der Waals surface area contributed by atoms with Gasteiger partial charge in [0.15, 0.2) is 0 Å². The van der Waals surface area contributed by atoms with Crippen molar-refractivity contribution in [2.24, 2.45) is 0 Å². The molecule has 0 aromatic carbocycles. The Hall–Kier alpha value is -1.60. The van der Waals surface area contributed by atoms with E-state index in [1.54, 1.807) is 18.5 Å². The zero-order valence-corrected chi connectivity index (χ0v) is 10.2. The second kappa shape index (κ2) is 5.65. The fourth-order valence-electron chi connectivity index (χ4n) is 2.20. The molecule has 2 rings (SSSR count). The summed E-state index contributed by atoms with van der Waals surface area (Å²) in [5.41, 5.74) is 1.50. The number of likely N-dealkylation sites (tertiary alicyclic amines) is 1. The third kappa shape index (κ3) is 2.95. The molecule has 1 N–H and O–H groups in total. The topological polar surface area (TPSA) is 52.0 Å². The van der Waals surface area contributed by atoms with Crippen molar-refractivity contribution >= 4 is 5.69 Å². The van der Waals surface area contributed by atoms with E-state index >= 15 is 0 Å². The molecule has 0 amide bonds. The van der Waals surface area contributed by atoms with Gasteiger partial charge in [0, 0.05) is 18.8 Å². The lowest BCUT2D eigenvalue weighted by molar-refractivity contribution is 0.269. The predicted octanol–water partition coefficient (Wildman–Crippen LogP) is 1.85. The number of pyridine rings is 1. The molecule has 1 fully saturated rings. The van der Waals surface area contributed by atoms with Crippen molar-refractivity contribution < 1.29 is 0 Å². The van der Waals surface area contributed by atoms with Gasteiger partial charge in [-0.1, -0.05) is 0 Å². The van der Waals surface area contributed by atoms with Gasteiger partial charge in [-0.05, 0) is 38.9 Å². The van der Waals surface area contributed by atoms with Gasteiger partial charge in [-0.2, -0.15) is 5.26 Å². The van der Waals surface area contributed by atoms with Crippen molar-refractivity contribution in [2.75, 3.05) is 25.0 Å². The van der Waals surface area contributed by atoms with Crippen LogP contribution in [0.4, 0.5) is 5.69 Å². The molecule has 0 aliphatic carbocycles. The summed E-state index contributed by atoms with van der Waals surface area (Å²) < 4.78 is 0. The molecule has 0 bridgehead atoms. The highest BCUT2D eigenvalue weighted by atomic mass is 15.2. The molecule has 17 heavy (non-hydrogen) atoms.